The zero-order valence-corrected chi connectivity index (χ0v) is 12.5. The molecule has 0 heterocycles. The second-order valence-corrected chi connectivity index (χ2v) is 5.00. The summed E-state index contributed by atoms with van der Waals surface area (Å²) < 4.78 is 0. The zero-order chi connectivity index (χ0) is 13.7. The lowest BCUT2D eigenvalue weighted by Gasteiger charge is -2.10. The highest BCUT2D eigenvalue weighted by Crippen LogP contribution is 2.15. The van der Waals surface area contributed by atoms with Crippen LogP contribution in [-0.2, 0) is 11.2 Å². The highest BCUT2D eigenvalue weighted by atomic mass is 35.5. The first-order valence-corrected chi connectivity index (χ1v) is 6.63. The Bertz CT molecular complexity index is 571. The van der Waals surface area contributed by atoms with Gasteiger partial charge in [0.25, 0.3) is 0 Å². The third-order valence-electron chi connectivity index (χ3n) is 3.23. The highest BCUT2D eigenvalue weighted by molar-refractivity contribution is 5.85. The Morgan fingerprint density at radius 3 is 2.60 bits per heavy atom. The molecule has 108 valence electrons. The van der Waals surface area contributed by atoms with E-state index in [0.717, 1.165) is 5.56 Å². The molecule has 2 aromatic rings. The fraction of sp³-hybridized carbons (Fsp3) is 0.312. The highest BCUT2D eigenvalue weighted by Gasteiger charge is 2.06. The van der Waals surface area contributed by atoms with Gasteiger partial charge in [0.2, 0.25) is 5.91 Å². The first-order valence-electron chi connectivity index (χ1n) is 6.63. The van der Waals surface area contributed by atoms with Crippen molar-refractivity contribution in [2.75, 3.05) is 13.1 Å². The van der Waals surface area contributed by atoms with Gasteiger partial charge in [-0.15, -0.1) is 12.4 Å². The maximum Gasteiger partial charge on any atom is 0.224 e. The van der Waals surface area contributed by atoms with Crippen molar-refractivity contribution in [1.82, 2.24) is 5.32 Å². The summed E-state index contributed by atoms with van der Waals surface area (Å²) in [4.78, 5) is 11.8. The van der Waals surface area contributed by atoms with Crippen LogP contribution in [0.25, 0.3) is 10.8 Å². The minimum Gasteiger partial charge on any atom is -0.356 e. The summed E-state index contributed by atoms with van der Waals surface area (Å²) in [6.45, 7) is 3.26. The van der Waals surface area contributed by atoms with Gasteiger partial charge in [-0.3, -0.25) is 4.79 Å². The molecule has 0 aromatic heterocycles. The zero-order valence-electron chi connectivity index (χ0n) is 11.6. The van der Waals surface area contributed by atoms with Gasteiger partial charge in [-0.1, -0.05) is 49.4 Å². The van der Waals surface area contributed by atoms with E-state index in [1.165, 1.54) is 10.8 Å². The van der Waals surface area contributed by atoms with Crippen molar-refractivity contribution in [1.29, 1.82) is 0 Å². The Labute approximate surface area is 126 Å². The van der Waals surface area contributed by atoms with Gasteiger partial charge in [0.1, 0.15) is 0 Å². The predicted octanol–water partition coefficient (Wildman–Crippen LogP) is 2.52. The van der Waals surface area contributed by atoms with E-state index in [1.54, 1.807) is 0 Å². The SMILES string of the molecule is CC(CN)CNC(=O)Cc1ccc2ccccc2c1.Cl. The van der Waals surface area contributed by atoms with E-state index < -0.39 is 0 Å². The van der Waals surface area contributed by atoms with Gasteiger partial charge in [0.15, 0.2) is 0 Å². The summed E-state index contributed by atoms with van der Waals surface area (Å²) in [7, 11) is 0. The van der Waals surface area contributed by atoms with Crippen LogP contribution in [0.1, 0.15) is 12.5 Å². The molecule has 1 atom stereocenters. The van der Waals surface area contributed by atoms with Crippen LogP contribution in [-0.4, -0.2) is 19.0 Å². The van der Waals surface area contributed by atoms with Crippen molar-refractivity contribution in [2.45, 2.75) is 13.3 Å². The summed E-state index contributed by atoms with van der Waals surface area (Å²) >= 11 is 0. The normalized spacial score (nSPS) is 11.7. The molecule has 0 spiro atoms. The lowest BCUT2D eigenvalue weighted by atomic mass is 10.0. The fourth-order valence-corrected chi connectivity index (χ4v) is 1.97. The van der Waals surface area contributed by atoms with Crippen molar-refractivity contribution in [3.8, 4) is 0 Å². The van der Waals surface area contributed by atoms with E-state index >= 15 is 0 Å². The minimum atomic E-state index is 0. The number of fused-ring (bicyclic) bond motifs is 1. The van der Waals surface area contributed by atoms with Gasteiger partial charge < -0.3 is 11.1 Å². The average molecular weight is 293 g/mol. The van der Waals surface area contributed by atoms with E-state index in [9.17, 15) is 4.79 Å². The molecule has 0 aliphatic heterocycles. The molecular formula is C16H21ClN2O. The van der Waals surface area contributed by atoms with Gasteiger partial charge >= 0.3 is 0 Å². The van der Waals surface area contributed by atoms with Crippen LogP contribution < -0.4 is 11.1 Å². The molecule has 3 nitrogen and oxygen atoms in total. The second-order valence-electron chi connectivity index (χ2n) is 5.00. The van der Waals surface area contributed by atoms with Crippen molar-refractivity contribution in [2.24, 2.45) is 11.7 Å². The molecule has 3 N–H and O–H groups in total. The Kier molecular flexibility index (Phi) is 6.49. The number of hydrogen-bond donors (Lipinski definition) is 2. The number of hydrogen-bond acceptors (Lipinski definition) is 2. The topological polar surface area (TPSA) is 55.1 Å². The minimum absolute atomic E-state index is 0. The number of nitrogens with one attached hydrogen (secondary N) is 1. The molecule has 1 amide bonds. The quantitative estimate of drug-likeness (QED) is 0.890. The van der Waals surface area contributed by atoms with Crippen molar-refractivity contribution >= 4 is 29.1 Å². The summed E-state index contributed by atoms with van der Waals surface area (Å²) in [6.07, 6.45) is 0.419. The van der Waals surface area contributed by atoms with Gasteiger partial charge in [-0.25, -0.2) is 0 Å². The number of nitrogens with two attached hydrogens (primary N) is 1. The molecule has 4 heteroatoms. The van der Waals surface area contributed by atoms with E-state index in [0.29, 0.717) is 25.4 Å². The lowest BCUT2D eigenvalue weighted by Crippen LogP contribution is -2.32. The Balaban J connectivity index is 0.00000200. The molecule has 1 unspecified atom stereocenters. The summed E-state index contributed by atoms with van der Waals surface area (Å²) in [6, 6.07) is 14.3. The molecular weight excluding hydrogens is 272 g/mol. The number of carbonyl (C=O) groups excluding carboxylic acids is 1. The molecule has 0 aliphatic rings. The third-order valence-corrected chi connectivity index (χ3v) is 3.23. The van der Waals surface area contributed by atoms with Crippen LogP contribution in [0, 0.1) is 5.92 Å². The largest absolute Gasteiger partial charge is 0.356 e. The standard InChI is InChI=1S/C16H20N2O.ClH/c1-12(10-17)11-18-16(19)9-13-6-7-14-4-2-3-5-15(14)8-13;/h2-8,12H,9-11,17H2,1H3,(H,18,19);1H. The molecule has 2 rings (SSSR count). The predicted molar refractivity (Wildman–Crippen MR) is 86.1 cm³/mol. The molecule has 0 bridgehead atoms. The van der Waals surface area contributed by atoms with Crippen LogP contribution in [0.15, 0.2) is 42.5 Å². The summed E-state index contributed by atoms with van der Waals surface area (Å²) in [5.41, 5.74) is 6.56. The Morgan fingerprint density at radius 1 is 1.20 bits per heavy atom. The van der Waals surface area contributed by atoms with Crippen LogP contribution in [0.2, 0.25) is 0 Å². The second kappa shape index (κ2) is 7.88. The van der Waals surface area contributed by atoms with E-state index in [4.69, 9.17) is 5.73 Å². The average Bonchev–Trinajstić information content (AvgIpc) is 2.44. The number of halogens is 1. The molecule has 0 aliphatic carbocycles. The fourth-order valence-electron chi connectivity index (χ4n) is 1.97. The Morgan fingerprint density at radius 2 is 1.90 bits per heavy atom. The number of carbonyl (C=O) groups is 1. The number of rotatable bonds is 5. The van der Waals surface area contributed by atoms with E-state index in [2.05, 4.69) is 29.6 Å². The smallest absolute Gasteiger partial charge is 0.224 e. The van der Waals surface area contributed by atoms with Gasteiger partial charge in [-0.2, -0.15) is 0 Å². The molecule has 0 saturated carbocycles. The Hall–Kier alpha value is -1.58. The maximum absolute atomic E-state index is 11.8. The van der Waals surface area contributed by atoms with Crippen molar-refractivity contribution in [3.05, 3.63) is 48.0 Å². The van der Waals surface area contributed by atoms with Gasteiger partial charge in [-0.05, 0) is 28.8 Å². The summed E-state index contributed by atoms with van der Waals surface area (Å²) in [5.74, 6) is 0.371. The van der Waals surface area contributed by atoms with Crippen LogP contribution in [0.3, 0.4) is 0 Å². The molecule has 20 heavy (non-hydrogen) atoms. The van der Waals surface area contributed by atoms with Gasteiger partial charge in [0, 0.05) is 6.54 Å². The maximum atomic E-state index is 11.8. The third kappa shape index (κ3) is 4.51. The summed E-state index contributed by atoms with van der Waals surface area (Å²) in [5, 5.41) is 5.28. The van der Waals surface area contributed by atoms with Crippen LogP contribution >= 0.6 is 12.4 Å². The monoisotopic (exact) mass is 292 g/mol. The van der Waals surface area contributed by atoms with Crippen molar-refractivity contribution < 1.29 is 4.79 Å². The molecule has 0 saturated heterocycles. The molecule has 0 fully saturated rings. The molecule has 2 aromatic carbocycles. The first-order chi connectivity index (χ1) is 9.19. The van der Waals surface area contributed by atoms with E-state index in [1.807, 2.05) is 25.1 Å². The number of benzene rings is 2. The van der Waals surface area contributed by atoms with E-state index in [-0.39, 0.29) is 18.3 Å². The van der Waals surface area contributed by atoms with Crippen LogP contribution in [0.5, 0.6) is 0 Å². The first kappa shape index (κ1) is 16.5. The van der Waals surface area contributed by atoms with Crippen molar-refractivity contribution in [3.63, 3.8) is 0 Å². The molecule has 0 radical (unpaired) electrons. The lowest BCUT2D eigenvalue weighted by molar-refractivity contribution is -0.120. The van der Waals surface area contributed by atoms with Gasteiger partial charge in [0.05, 0.1) is 6.42 Å². The van der Waals surface area contributed by atoms with Crippen LogP contribution in [0.4, 0.5) is 0 Å². The number of amides is 1.